The van der Waals surface area contributed by atoms with Gasteiger partial charge in [-0.25, -0.2) is 9.59 Å². The minimum absolute atomic E-state index is 0. The number of carboxylic acid groups (broad SMARTS) is 2. The van der Waals surface area contributed by atoms with Crippen LogP contribution in [0.3, 0.4) is 0 Å². The Bertz CT molecular complexity index is 1760. The van der Waals surface area contributed by atoms with E-state index in [1.54, 1.807) is 72.8 Å². The van der Waals surface area contributed by atoms with E-state index in [2.05, 4.69) is 9.47 Å². The third-order valence-corrected chi connectivity index (χ3v) is 7.35. The molecule has 4 aromatic rings. The van der Waals surface area contributed by atoms with Gasteiger partial charge in [-0.2, -0.15) is 0 Å². The van der Waals surface area contributed by atoms with Crippen molar-refractivity contribution in [3.05, 3.63) is 117 Å². The topological polar surface area (TPSA) is 278 Å². The molecular formula is C38H44Cl2N2O14Pt. The molecule has 19 heteroatoms. The smallest absolute Gasteiger partial charge is 0.693 e. The second kappa shape index (κ2) is 27.7. The van der Waals surface area contributed by atoms with Gasteiger partial charge in [0.05, 0.1) is 54.9 Å². The summed E-state index contributed by atoms with van der Waals surface area (Å²) in [5.41, 5.74) is 4.79. The van der Waals surface area contributed by atoms with Gasteiger partial charge in [0, 0.05) is 22.3 Å². The van der Waals surface area contributed by atoms with E-state index in [0.717, 1.165) is 11.1 Å². The number of nitrogens with two attached hydrogens (primary N) is 2. The van der Waals surface area contributed by atoms with Crippen molar-refractivity contribution in [2.24, 2.45) is 0 Å². The summed E-state index contributed by atoms with van der Waals surface area (Å²) in [7, 11) is 15.8. The van der Waals surface area contributed by atoms with E-state index >= 15 is 0 Å². The van der Waals surface area contributed by atoms with Gasteiger partial charge in [-0.1, -0.05) is 48.6 Å². The van der Waals surface area contributed by atoms with E-state index in [1.807, 2.05) is 0 Å². The predicted molar refractivity (Wildman–Crippen MR) is 213 cm³/mol. The van der Waals surface area contributed by atoms with E-state index in [-0.39, 0.29) is 50.2 Å². The number of ether oxygens (including phenoxy) is 6. The van der Waals surface area contributed by atoms with Crippen LogP contribution in [0.5, 0.6) is 34.5 Å². The largest absolute Gasteiger partial charge is 0.693 e. The normalized spacial score (nSPS) is 10.2. The summed E-state index contributed by atoms with van der Waals surface area (Å²) in [5, 5.41) is 55.1. The fourth-order valence-electron chi connectivity index (χ4n) is 4.93. The molecule has 0 aliphatic carbocycles. The summed E-state index contributed by atoms with van der Waals surface area (Å²) in [6, 6.07) is 16.7. The van der Waals surface area contributed by atoms with Crippen molar-refractivity contribution < 1.29 is 85.1 Å². The zero-order valence-electron chi connectivity index (χ0n) is 31.1. The molecule has 0 saturated carbocycles. The van der Waals surface area contributed by atoms with Gasteiger partial charge in [0.15, 0.2) is 23.0 Å². The van der Waals surface area contributed by atoms with Crippen molar-refractivity contribution >= 4 is 55.5 Å². The molecular weight excluding hydrogens is 974 g/mol. The molecule has 0 unspecified atom stereocenters. The number of aliphatic hydroxyl groups excluding tert-OH is 4. The first-order valence-electron chi connectivity index (χ1n) is 15.6. The Balaban J connectivity index is 0.000000996. The molecule has 0 aromatic heterocycles. The molecule has 0 atom stereocenters. The van der Waals surface area contributed by atoms with Crippen molar-refractivity contribution in [2.45, 2.75) is 26.4 Å². The third kappa shape index (κ3) is 16.3. The van der Waals surface area contributed by atoms with Gasteiger partial charge in [-0.3, -0.25) is 0 Å². The number of benzene rings is 4. The zero-order valence-corrected chi connectivity index (χ0v) is 34.9. The van der Waals surface area contributed by atoms with Crippen LogP contribution in [0.2, 0.25) is 0 Å². The van der Waals surface area contributed by atoms with Crippen molar-refractivity contribution in [2.75, 3.05) is 28.4 Å². The molecule has 0 aliphatic heterocycles. The van der Waals surface area contributed by atoms with Crippen LogP contribution in [0.4, 0.5) is 9.59 Å². The van der Waals surface area contributed by atoms with E-state index in [9.17, 15) is 30.0 Å². The van der Waals surface area contributed by atoms with Crippen molar-refractivity contribution in [3.8, 4) is 34.5 Å². The van der Waals surface area contributed by atoms with Crippen LogP contribution >= 0.6 is 18.8 Å². The van der Waals surface area contributed by atoms with Gasteiger partial charge in [0.2, 0.25) is 0 Å². The number of hydrogen-bond donors (Lipinski definition) is 6. The second-order valence-electron chi connectivity index (χ2n) is 10.6. The number of rotatable bonds is 14. The molecule has 0 fully saturated rings. The Morgan fingerprint density at radius 1 is 0.509 bits per heavy atom. The molecule has 4 rings (SSSR count). The molecule has 314 valence electrons. The van der Waals surface area contributed by atoms with E-state index < -0.39 is 28.8 Å². The van der Waals surface area contributed by atoms with Crippen LogP contribution in [-0.2, 0) is 42.9 Å². The molecule has 4 aromatic carbocycles. The van der Waals surface area contributed by atoms with Gasteiger partial charge in [0.25, 0.3) is 0 Å². The molecule has 10 N–H and O–H groups in total. The van der Waals surface area contributed by atoms with Crippen LogP contribution in [0, 0.1) is 0 Å². The molecule has 0 saturated heterocycles. The van der Waals surface area contributed by atoms with Gasteiger partial charge in [-0.15, -0.1) is 0 Å². The summed E-state index contributed by atoms with van der Waals surface area (Å²) < 4.78 is 30.4. The van der Waals surface area contributed by atoms with Gasteiger partial charge in [0.1, 0.15) is 11.5 Å². The first-order valence-corrected chi connectivity index (χ1v) is 21.3. The first kappa shape index (κ1) is 52.1. The molecule has 57 heavy (non-hydrogen) atoms. The first-order chi connectivity index (χ1) is 26.4. The summed E-state index contributed by atoms with van der Waals surface area (Å²) in [6.45, 7) is -1.07. The summed E-state index contributed by atoms with van der Waals surface area (Å²) >= 11 is -0.472. The number of methoxy groups -OCH3 is 4. The fraction of sp³-hybridized carbons (Fsp3) is 0.211. The van der Waals surface area contributed by atoms with Crippen molar-refractivity contribution in [3.63, 3.8) is 0 Å². The molecule has 16 nitrogen and oxygen atoms in total. The zero-order chi connectivity index (χ0) is 40.9. The monoisotopic (exact) mass is 1020 g/mol. The van der Waals surface area contributed by atoms with Gasteiger partial charge < -0.3 is 71.4 Å². The molecule has 0 radical (unpaired) electrons. The minimum Gasteiger partial charge on any atom is -0.693 e. The average molecular weight is 1020 g/mol. The SMILES string of the molecule is COc1cc(/C=C\c2ccc(CO)c(OC(=O)O)c2)cc(CO)c1OC.COc1cc(/C=C\c2ccc(CO)c(OC(=O)O)c2)cc(CO)c1OC.[Cl][Pt+2][Cl].[NH2-].[NH2-]. The maximum absolute atomic E-state index is 10.8. The Hall–Kier alpha value is -4.87. The van der Waals surface area contributed by atoms with Crippen LogP contribution < -0.4 is 28.4 Å². The molecule has 0 heterocycles. The van der Waals surface area contributed by atoms with E-state index in [0.29, 0.717) is 56.4 Å². The number of aliphatic hydroxyl groups is 4. The van der Waals surface area contributed by atoms with Gasteiger partial charge in [-0.05, 0) is 58.7 Å². The minimum atomic E-state index is -1.45. The standard InChI is InChI=1S/2C19H20O7.2ClH.2H2N.Pt/c2*1-24-17-9-13(7-15(11-21)18(17)25-2)4-3-12-5-6-14(10-20)16(8-12)26-19(22)23;;;;;/h2*3-9,20-21H,10-11H2,1-2H3,(H,22,23);2*1H;2*1H2;/q;;;;2*-1;+4/p-2/b2*4-3-;;;;;. The van der Waals surface area contributed by atoms with Crippen LogP contribution in [-0.4, -0.2) is 71.4 Å². The van der Waals surface area contributed by atoms with E-state index in [4.69, 9.17) is 48.0 Å². The molecule has 0 amide bonds. The Labute approximate surface area is 346 Å². The number of halogens is 2. The summed E-state index contributed by atoms with van der Waals surface area (Å²) in [6.07, 6.45) is 4.15. The van der Waals surface area contributed by atoms with Crippen molar-refractivity contribution in [1.82, 2.24) is 0 Å². The van der Waals surface area contributed by atoms with Crippen LogP contribution in [0.15, 0.2) is 60.7 Å². The van der Waals surface area contributed by atoms with Crippen LogP contribution in [0.25, 0.3) is 36.6 Å². The van der Waals surface area contributed by atoms with Crippen LogP contribution in [0.1, 0.15) is 44.5 Å². The molecule has 0 spiro atoms. The molecule has 0 aliphatic rings. The Morgan fingerprint density at radius 3 is 1.07 bits per heavy atom. The summed E-state index contributed by atoms with van der Waals surface area (Å²) in [4.78, 5) is 21.5. The van der Waals surface area contributed by atoms with Crippen molar-refractivity contribution in [1.29, 1.82) is 0 Å². The average Bonchev–Trinajstić information content (AvgIpc) is 3.18. The Kier molecular flexibility index (Phi) is 25.3. The van der Waals surface area contributed by atoms with Gasteiger partial charge >= 0.3 is 47.6 Å². The summed E-state index contributed by atoms with van der Waals surface area (Å²) in [5.74, 6) is 2.07. The maximum Gasteiger partial charge on any atom is -0.693 e. The predicted octanol–water partition coefficient (Wildman–Crippen LogP) is 8.64. The number of hydrogen-bond acceptors (Lipinski definition) is 12. The maximum atomic E-state index is 10.8. The second-order valence-corrected chi connectivity index (χ2v) is 13.9. The van der Waals surface area contributed by atoms with E-state index in [1.165, 1.54) is 40.6 Å². The molecule has 0 bridgehead atoms. The number of carbonyl (C=O) groups is 2. The quantitative estimate of drug-likeness (QED) is 0.0392. The Morgan fingerprint density at radius 2 is 0.807 bits per heavy atom. The fourth-order valence-corrected chi connectivity index (χ4v) is 4.93. The third-order valence-electron chi connectivity index (χ3n) is 7.35.